The molecule has 4 nitrogen and oxygen atoms in total. The molecule has 112 valence electrons. The van der Waals surface area contributed by atoms with Gasteiger partial charge in [0.1, 0.15) is 0 Å². The lowest BCUT2D eigenvalue weighted by atomic mass is 9.76. The maximum Gasteiger partial charge on any atom is 0.233 e. The number of hydrogen-bond acceptors (Lipinski definition) is 4. The van der Waals surface area contributed by atoms with E-state index in [-0.39, 0.29) is 17.3 Å². The van der Waals surface area contributed by atoms with Crippen molar-refractivity contribution in [2.75, 3.05) is 25.6 Å². The van der Waals surface area contributed by atoms with Gasteiger partial charge in [0.2, 0.25) is 9.05 Å². The molecule has 0 aromatic carbocycles. The maximum atomic E-state index is 11.4. The van der Waals surface area contributed by atoms with Crippen molar-refractivity contribution in [3.8, 4) is 0 Å². The van der Waals surface area contributed by atoms with Crippen molar-refractivity contribution in [2.45, 2.75) is 51.0 Å². The van der Waals surface area contributed by atoms with Crippen molar-refractivity contribution in [3.63, 3.8) is 0 Å². The van der Waals surface area contributed by atoms with Crippen LogP contribution >= 0.6 is 10.7 Å². The Morgan fingerprint density at radius 1 is 1.16 bits per heavy atom. The summed E-state index contributed by atoms with van der Waals surface area (Å²) in [7, 11) is 2.01. The first-order chi connectivity index (χ1) is 8.99. The van der Waals surface area contributed by atoms with E-state index >= 15 is 0 Å². The van der Waals surface area contributed by atoms with Crippen LogP contribution in [-0.2, 0) is 18.5 Å². The molecule has 0 aromatic rings. The fourth-order valence-corrected chi connectivity index (χ4v) is 4.93. The van der Waals surface area contributed by atoms with Crippen molar-refractivity contribution in [3.05, 3.63) is 0 Å². The van der Waals surface area contributed by atoms with Gasteiger partial charge in [-0.25, -0.2) is 8.42 Å². The first-order valence-corrected chi connectivity index (χ1v) is 9.59. The smallest absolute Gasteiger partial charge is 0.233 e. The van der Waals surface area contributed by atoms with Gasteiger partial charge in [0, 0.05) is 29.3 Å². The average Bonchev–Trinajstić information content (AvgIpc) is 2.37. The summed E-state index contributed by atoms with van der Waals surface area (Å²) >= 11 is 0. The minimum absolute atomic E-state index is 0.0464. The van der Waals surface area contributed by atoms with Crippen LogP contribution in [0.1, 0.15) is 44.9 Å². The normalized spacial score (nSPS) is 25.3. The van der Waals surface area contributed by atoms with Crippen LogP contribution in [0, 0.1) is 5.41 Å². The second-order valence-corrected chi connectivity index (χ2v) is 8.64. The van der Waals surface area contributed by atoms with Gasteiger partial charge in [0.15, 0.2) is 0 Å². The Bertz CT molecular complexity index is 370. The van der Waals surface area contributed by atoms with Crippen molar-refractivity contribution < 1.29 is 17.9 Å². The molecule has 0 N–H and O–H groups in total. The van der Waals surface area contributed by atoms with Crippen molar-refractivity contribution in [2.24, 2.45) is 5.41 Å². The monoisotopic (exact) mass is 310 g/mol. The van der Waals surface area contributed by atoms with Gasteiger partial charge < -0.3 is 9.47 Å². The van der Waals surface area contributed by atoms with Crippen molar-refractivity contribution >= 4 is 19.7 Å². The molecule has 0 atom stereocenters. The Morgan fingerprint density at radius 2 is 1.79 bits per heavy atom. The van der Waals surface area contributed by atoms with Gasteiger partial charge >= 0.3 is 0 Å². The van der Waals surface area contributed by atoms with Crippen LogP contribution in [0.3, 0.4) is 0 Å². The zero-order valence-corrected chi connectivity index (χ0v) is 12.8. The molecule has 2 aliphatic rings. The fourth-order valence-electron chi connectivity index (χ4n) is 3.14. The first-order valence-electron chi connectivity index (χ1n) is 7.11. The van der Waals surface area contributed by atoms with Gasteiger partial charge in [-0.2, -0.15) is 0 Å². The Hall–Kier alpha value is 0.160. The van der Waals surface area contributed by atoms with Gasteiger partial charge in [-0.15, -0.1) is 0 Å². The van der Waals surface area contributed by atoms with Gasteiger partial charge in [-0.05, 0) is 25.7 Å². The standard InChI is InChI=1S/C13H23ClO4S/c14-19(15,16)11-13(6-2-1-3-7-13)10-18-12-4-8-17-9-5-12/h12H,1-11H2. The molecular formula is C13H23ClO4S. The van der Waals surface area contributed by atoms with Crippen molar-refractivity contribution in [1.82, 2.24) is 0 Å². The predicted octanol–water partition coefficient (Wildman–Crippen LogP) is 2.70. The zero-order valence-electron chi connectivity index (χ0n) is 11.3. The van der Waals surface area contributed by atoms with E-state index in [0.29, 0.717) is 6.61 Å². The molecular weight excluding hydrogens is 288 g/mol. The zero-order chi connectivity index (χ0) is 13.8. The van der Waals surface area contributed by atoms with Gasteiger partial charge in [0.25, 0.3) is 0 Å². The van der Waals surface area contributed by atoms with Gasteiger partial charge in [0.05, 0.1) is 18.5 Å². The average molecular weight is 311 g/mol. The summed E-state index contributed by atoms with van der Waals surface area (Å²) < 4.78 is 34.2. The minimum Gasteiger partial charge on any atom is -0.381 e. The molecule has 6 heteroatoms. The van der Waals surface area contributed by atoms with E-state index in [4.69, 9.17) is 20.2 Å². The van der Waals surface area contributed by atoms with E-state index in [0.717, 1.165) is 51.7 Å². The van der Waals surface area contributed by atoms with E-state index in [9.17, 15) is 8.42 Å². The predicted molar refractivity (Wildman–Crippen MR) is 75.0 cm³/mol. The van der Waals surface area contributed by atoms with E-state index < -0.39 is 9.05 Å². The maximum absolute atomic E-state index is 11.4. The number of hydrogen-bond donors (Lipinski definition) is 0. The molecule has 1 saturated heterocycles. The third-order valence-electron chi connectivity index (χ3n) is 4.19. The van der Waals surface area contributed by atoms with Crippen LogP contribution < -0.4 is 0 Å². The summed E-state index contributed by atoms with van der Waals surface area (Å²) in [5.74, 6) is 0.0464. The van der Waals surface area contributed by atoms with Crippen LogP contribution in [0.25, 0.3) is 0 Å². The summed E-state index contributed by atoms with van der Waals surface area (Å²) in [5, 5.41) is 0. The Kier molecular flexibility index (Phi) is 5.52. The Morgan fingerprint density at radius 3 is 2.37 bits per heavy atom. The second kappa shape index (κ2) is 6.74. The van der Waals surface area contributed by atoms with Gasteiger partial charge in [-0.1, -0.05) is 19.3 Å². The highest BCUT2D eigenvalue weighted by atomic mass is 35.7. The van der Waals surface area contributed by atoms with E-state index in [1.165, 1.54) is 6.42 Å². The minimum atomic E-state index is -3.47. The highest BCUT2D eigenvalue weighted by molar-refractivity contribution is 8.13. The molecule has 1 aliphatic heterocycles. The van der Waals surface area contributed by atoms with E-state index in [1.54, 1.807) is 0 Å². The second-order valence-electron chi connectivity index (χ2n) is 5.87. The van der Waals surface area contributed by atoms with E-state index in [2.05, 4.69) is 0 Å². The first kappa shape index (κ1) is 15.5. The summed E-state index contributed by atoms with van der Waals surface area (Å²) in [4.78, 5) is 0. The summed E-state index contributed by atoms with van der Waals surface area (Å²) in [5.41, 5.74) is -0.267. The van der Waals surface area contributed by atoms with Crippen molar-refractivity contribution in [1.29, 1.82) is 0 Å². The Balaban J connectivity index is 1.93. The van der Waals surface area contributed by atoms with Gasteiger partial charge in [-0.3, -0.25) is 0 Å². The molecule has 2 fully saturated rings. The highest BCUT2D eigenvalue weighted by Crippen LogP contribution is 2.39. The van der Waals surface area contributed by atoms with E-state index in [1.807, 2.05) is 0 Å². The molecule has 1 aliphatic carbocycles. The lowest BCUT2D eigenvalue weighted by Gasteiger charge is -2.37. The van der Waals surface area contributed by atoms with Crippen LogP contribution in [-0.4, -0.2) is 40.1 Å². The van der Waals surface area contributed by atoms with Crippen LogP contribution in [0.2, 0.25) is 0 Å². The summed E-state index contributed by atoms with van der Waals surface area (Å²) in [6.45, 7) is 2.00. The van der Waals surface area contributed by atoms with Crippen LogP contribution in [0.4, 0.5) is 0 Å². The quantitative estimate of drug-likeness (QED) is 0.733. The van der Waals surface area contributed by atoms with Crippen LogP contribution in [0.15, 0.2) is 0 Å². The highest BCUT2D eigenvalue weighted by Gasteiger charge is 2.37. The summed E-state index contributed by atoms with van der Waals surface area (Å²) in [6, 6.07) is 0. The fraction of sp³-hybridized carbons (Fsp3) is 1.00. The van der Waals surface area contributed by atoms with Crippen LogP contribution in [0.5, 0.6) is 0 Å². The molecule has 1 saturated carbocycles. The molecule has 0 unspecified atom stereocenters. The molecule has 0 radical (unpaired) electrons. The number of rotatable bonds is 5. The molecule has 0 amide bonds. The third-order valence-corrected chi connectivity index (χ3v) is 5.47. The molecule has 0 bridgehead atoms. The molecule has 2 rings (SSSR count). The molecule has 0 spiro atoms. The largest absolute Gasteiger partial charge is 0.381 e. The molecule has 0 aromatic heterocycles. The summed E-state index contributed by atoms with van der Waals surface area (Å²) in [6.07, 6.45) is 7.16. The molecule has 1 heterocycles. The third kappa shape index (κ3) is 5.21. The Labute approximate surface area is 120 Å². The topological polar surface area (TPSA) is 52.6 Å². The SMILES string of the molecule is O=S(=O)(Cl)CC1(COC2CCOCC2)CCCCC1. The number of halogens is 1. The number of ether oxygens (including phenoxy) is 2. The molecule has 19 heavy (non-hydrogen) atoms. The lowest BCUT2D eigenvalue weighted by molar-refractivity contribution is -0.0647. The lowest BCUT2D eigenvalue weighted by Crippen LogP contribution is -2.38.